The first-order valence-corrected chi connectivity index (χ1v) is 5.61. The molecule has 15 heavy (non-hydrogen) atoms. The van der Waals surface area contributed by atoms with Crippen LogP contribution >= 0.6 is 0 Å². The van der Waals surface area contributed by atoms with Crippen LogP contribution in [0.1, 0.15) is 38.2 Å². The van der Waals surface area contributed by atoms with Crippen LogP contribution in [0.15, 0.2) is 24.3 Å². The van der Waals surface area contributed by atoms with Crippen LogP contribution in [0.5, 0.6) is 0 Å². The minimum Gasteiger partial charge on any atom is -0.316 e. The number of hydrogen-bond acceptors (Lipinski definition) is 1. The maximum atomic E-state index is 13.1. The Morgan fingerprint density at radius 2 is 2.13 bits per heavy atom. The molecule has 0 spiro atoms. The van der Waals surface area contributed by atoms with Gasteiger partial charge in [-0.25, -0.2) is 4.39 Å². The van der Waals surface area contributed by atoms with Gasteiger partial charge >= 0.3 is 0 Å². The van der Waals surface area contributed by atoms with Gasteiger partial charge in [-0.3, -0.25) is 0 Å². The number of halogens is 1. The van der Waals surface area contributed by atoms with Crippen molar-refractivity contribution < 1.29 is 4.39 Å². The number of benzene rings is 1. The second-order valence-corrected chi connectivity index (χ2v) is 4.03. The van der Waals surface area contributed by atoms with Crippen molar-refractivity contribution in [3.63, 3.8) is 0 Å². The smallest absolute Gasteiger partial charge is 0.123 e. The lowest BCUT2D eigenvalue weighted by Gasteiger charge is -2.23. The van der Waals surface area contributed by atoms with Gasteiger partial charge in [0.05, 0.1) is 0 Å². The number of likely N-dealkylation sites (N-methyl/N-ethyl adjacent to an activating group) is 1. The molecule has 0 aliphatic carbocycles. The molecule has 0 amide bonds. The van der Waals surface area contributed by atoms with E-state index >= 15 is 0 Å². The molecule has 1 N–H and O–H groups in total. The fourth-order valence-corrected chi connectivity index (χ4v) is 1.98. The maximum Gasteiger partial charge on any atom is 0.123 e. The Balaban J connectivity index is 2.77. The van der Waals surface area contributed by atoms with Gasteiger partial charge in [0.15, 0.2) is 0 Å². The second kappa shape index (κ2) is 5.86. The third-order valence-electron chi connectivity index (χ3n) is 2.95. The summed E-state index contributed by atoms with van der Waals surface area (Å²) in [4.78, 5) is 0. The maximum absolute atomic E-state index is 13.1. The molecule has 0 aromatic heterocycles. The summed E-state index contributed by atoms with van der Waals surface area (Å²) in [7, 11) is 1.97. The zero-order chi connectivity index (χ0) is 11.3. The molecule has 2 unspecified atom stereocenters. The topological polar surface area (TPSA) is 12.0 Å². The first kappa shape index (κ1) is 12.2. The fourth-order valence-electron chi connectivity index (χ4n) is 1.98. The van der Waals surface area contributed by atoms with E-state index in [1.165, 1.54) is 6.07 Å². The largest absolute Gasteiger partial charge is 0.316 e. The summed E-state index contributed by atoms with van der Waals surface area (Å²) in [5.41, 5.74) is 1.07. The molecule has 2 heteroatoms. The van der Waals surface area contributed by atoms with E-state index in [9.17, 15) is 4.39 Å². The highest BCUT2D eigenvalue weighted by Gasteiger charge is 2.16. The van der Waals surface area contributed by atoms with E-state index in [1.807, 2.05) is 13.1 Å². The van der Waals surface area contributed by atoms with Crippen molar-refractivity contribution in [3.05, 3.63) is 35.6 Å². The van der Waals surface area contributed by atoms with Crippen LogP contribution in [0.3, 0.4) is 0 Å². The molecule has 0 aliphatic heterocycles. The van der Waals surface area contributed by atoms with Gasteiger partial charge in [-0.2, -0.15) is 0 Å². The molecule has 2 atom stereocenters. The first-order chi connectivity index (χ1) is 7.19. The highest BCUT2D eigenvalue weighted by molar-refractivity contribution is 5.21. The van der Waals surface area contributed by atoms with Crippen molar-refractivity contribution in [2.75, 3.05) is 7.05 Å². The molecule has 0 bridgehead atoms. The molecule has 0 heterocycles. The lowest BCUT2D eigenvalue weighted by atomic mass is 9.90. The van der Waals surface area contributed by atoms with Crippen LogP contribution < -0.4 is 5.32 Å². The number of nitrogens with one attached hydrogen (secondary N) is 1. The van der Waals surface area contributed by atoms with Crippen molar-refractivity contribution in [2.24, 2.45) is 0 Å². The first-order valence-electron chi connectivity index (χ1n) is 5.61. The summed E-state index contributed by atoms with van der Waals surface area (Å²) in [6.07, 6.45) is 2.26. The summed E-state index contributed by atoms with van der Waals surface area (Å²) < 4.78 is 13.1. The quantitative estimate of drug-likeness (QED) is 0.784. The Bertz CT molecular complexity index is 298. The Kier molecular flexibility index (Phi) is 4.76. The molecule has 0 radical (unpaired) electrons. The number of rotatable bonds is 5. The summed E-state index contributed by atoms with van der Waals surface area (Å²) in [6.45, 7) is 4.31. The van der Waals surface area contributed by atoms with E-state index < -0.39 is 0 Å². The molecular formula is C13H20FN. The highest BCUT2D eigenvalue weighted by Crippen LogP contribution is 2.22. The van der Waals surface area contributed by atoms with Crippen molar-refractivity contribution in [1.29, 1.82) is 0 Å². The summed E-state index contributed by atoms with van der Waals surface area (Å²) in [5.74, 6) is 0.205. The molecule has 1 nitrogen and oxygen atoms in total. The van der Waals surface area contributed by atoms with Crippen molar-refractivity contribution >= 4 is 0 Å². The summed E-state index contributed by atoms with van der Waals surface area (Å²) >= 11 is 0. The third-order valence-corrected chi connectivity index (χ3v) is 2.95. The van der Waals surface area contributed by atoms with Crippen molar-refractivity contribution in [1.82, 2.24) is 5.32 Å². The van der Waals surface area contributed by atoms with Gasteiger partial charge in [-0.05, 0) is 37.1 Å². The molecule has 0 aliphatic rings. The van der Waals surface area contributed by atoms with E-state index in [0.717, 1.165) is 18.4 Å². The molecule has 1 aromatic carbocycles. The Morgan fingerprint density at radius 1 is 1.40 bits per heavy atom. The third kappa shape index (κ3) is 3.31. The predicted molar refractivity (Wildman–Crippen MR) is 62.6 cm³/mol. The van der Waals surface area contributed by atoms with E-state index in [0.29, 0.717) is 12.0 Å². The van der Waals surface area contributed by atoms with E-state index in [1.54, 1.807) is 12.1 Å². The van der Waals surface area contributed by atoms with Gasteiger partial charge in [0.25, 0.3) is 0 Å². The second-order valence-electron chi connectivity index (χ2n) is 4.03. The average molecular weight is 209 g/mol. The standard InChI is InChI=1S/C13H20FN/c1-4-6-13(15-3)10(2)11-7-5-8-12(14)9-11/h5,7-10,13,15H,4,6H2,1-3H3. The SMILES string of the molecule is CCCC(NC)C(C)c1cccc(F)c1. The monoisotopic (exact) mass is 209 g/mol. The van der Waals surface area contributed by atoms with Crippen LogP contribution in [-0.4, -0.2) is 13.1 Å². The molecular weight excluding hydrogens is 189 g/mol. The van der Waals surface area contributed by atoms with Gasteiger partial charge in [-0.15, -0.1) is 0 Å². The van der Waals surface area contributed by atoms with Gasteiger partial charge in [0.1, 0.15) is 5.82 Å². The molecule has 84 valence electrons. The average Bonchev–Trinajstić information content (AvgIpc) is 2.25. The summed E-state index contributed by atoms with van der Waals surface area (Å²) in [5, 5.41) is 3.30. The Morgan fingerprint density at radius 3 is 2.67 bits per heavy atom. The van der Waals surface area contributed by atoms with Gasteiger partial charge in [0.2, 0.25) is 0 Å². The van der Waals surface area contributed by atoms with Gasteiger partial charge in [-0.1, -0.05) is 32.4 Å². The Labute approximate surface area is 91.7 Å². The molecule has 0 fully saturated rings. The minimum atomic E-state index is -0.147. The lowest BCUT2D eigenvalue weighted by molar-refractivity contribution is 0.450. The molecule has 0 saturated heterocycles. The highest BCUT2D eigenvalue weighted by atomic mass is 19.1. The predicted octanol–water partition coefficient (Wildman–Crippen LogP) is 3.32. The van der Waals surface area contributed by atoms with Crippen molar-refractivity contribution in [2.45, 2.75) is 38.6 Å². The number of hydrogen-bond donors (Lipinski definition) is 1. The van der Waals surface area contributed by atoms with E-state index in [4.69, 9.17) is 0 Å². The zero-order valence-electron chi connectivity index (χ0n) is 9.76. The van der Waals surface area contributed by atoms with Gasteiger partial charge in [0, 0.05) is 6.04 Å². The lowest BCUT2D eigenvalue weighted by Crippen LogP contribution is -2.30. The van der Waals surface area contributed by atoms with Crippen LogP contribution in [0.2, 0.25) is 0 Å². The zero-order valence-corrected chi connectivity index (χ0v) is 9.76. The summed E-state index contributed by atoms with van der Waals surface area (Å²) in [6, 6.07) is 7.32. The van der Waals surface area contributed by atoms with Crippen LogP contribution in [-0.2, 0) is 0 Å². The molecule has 1 aromatic rings. The van der Waals surface area contributed by atoms with E-state index in [2.05, 4.69) is 19.2 Å². The fraction of sp³-hybridized carbons (Fsp3) is 0.538. The molecule has 0 saturated carbocycles. The van der Waals surface area contributed by atoms with Crippen LogP contribution in [0.4, 0.5) is 4.39 Å². The normalized spacial score (nSPS) is 14.9. The Hall–Kier alpha value is -0.890. The van der Waals surface area contributed by atoms with Crippen LogP contribution in [0.25, 0.3) is 0 Å². The van der Waals surface area contributed by atoms with E-state index in [-0.39, 0.29) is 5.82 Å². The van der Waals surface area contributed by atoms with Gasteiger partial charge < -0.3 is 5.32 Å². The van der Waals surface area contributed by atoms with Crippen molar-refractivity contribution in [3.8, 4) is 0 Å². The van der Waals surface area contributed by atoms with Crippen LogP contribution in [0, 0.1) is 5.82 Å². The molecule has 1 rings (SSSR count). The minimum absolute atomic E-state index is 0.147.